The molecule has 3 rings (SSSR count). The average Bonchev–Trinajstić information content (AvgIpc) is 3.15. The maximum absolute atomic E-state index is 13.1. The van der Waals surface area contributed by atoms with Gasteiger partial charge in [-0.05, 0) is 38.1 Å². The van der Waals surface area contributed by atoms with Gasteiger partial charge in [0.1, 0.15) is 4.83 Å². The molecule has 1 aliphatic carbocycles. The molecule has 0 radical (unpaired) electrons. The Balaban J connectivity index is 1.84. The van der Waals surface area contributed by atoms with Crippen LogP contribution >= 0.6 is 23.1 Å². The lowest BCUT2D eigenvalue weighted by Crippen LogP contribution is -2.44. The molecule has 2 aromatic rings. The van der Waals surface area contributed by atoms with Crippen molar-refractivity contribution in [3.63, 3.8) is 0 Å². The molecular formula is C20H27N3O2S2. The minimum absolute atomic E-state index is 0.0667. The first-order valence-electron chi connectivity index (χ1n) is 9.62. The van der Waals surface area contributed by atoms with Crippen LogP contribution < -0.4 is 5.56 Å². The molecule has 1 atom stereocenters. The molecule has 1 aliphatic rings. The van der Waals surface area contributed by atoms with Crippen molar-refractivity contribution in [3.05, 3.63) is 34.5 Å². The number of fused-ring (bicyclic) bond motifs is 1. The number of hydrogen-bond donors (Lipinski definition) is 0. The van der Waals surface area contributed by atoms with Gasteiger partial charge in [-0.15, -0.1) is 17.9 Å². The van der Waals surface area contributed by atoms with Crippen LogP contribution in [-0.4, -0.2) is 38.2 Å². The van der Waals surface area contributed by atoms with E-state index in [1.165, 1.54) is 42.4 Å². The van der Waals surface area contributed by atoms with E-state index in [2.05, 4.69) is 11.6 Å². The predicted molar refractivity (Wildman–Crippen MR) is 114 cm³/mol. The normalized spacial score (nSPS) is 16.4. The monoisotopic (exact) mass is 405 g/mol. The van der Waals surface area contributed by atoms with Crippen LogP contribution in [0.4, 0.5) is 0 Å². The summed E-state index contributed by atoms with van der Waals surface area (Å²) < 4.78 is 1.62. The molecule has 0 aliphatic heterocycles. The molecule has 5 nitrogen and oxygen atoms in total. The average molecular weight is 406 g/mol. The fourth-order valence-electron chi connectivity index (χ4n) is 3.74. The SMILES string of the molecule is C=CCn1c(SC(C)C(=O)N(CC)C2CCCCC2)nc2sccc2c1=O. The number of carbonyl (C=O) groups is 1. The smallest absolute Gasteiger partial charge is 0.263 e. The third-order valence-corrected chi connectivity index (χ3v) is 7.01. The Kier molecular flexibility index (Phi) is 6.76. The zero-order valence-corrected chi connectivity index (χ0v) is 17.7. The summed E-state index contributed by atoms with van der Waals surface area (Å²) in [6.45, 7) is 8.84. The van der Waals surface area contributed by atoms with Crippen LogP contribution in [0.25, 0.3) is 10.2 Å². The molecule has 0 bridgehead atoms. The number of thiophene rings is 1. The summed E-state index contributed by atoms with van der Waals surface area (Å²) in [5.41, 5.74) is -0.0667. The molecule has 1 fully saturated rings. The molecule has 0 aromatic carbocycles. The zero-order chi connectivity index (χ0) is 19.4. The van der Waals surface area contributed by atoms with Crippen LogP contribution in [0.2, 0.25) is 0 Å². The van der Waals surface area contributed by atoms with Gasteiger partial charge in [0, 0.05) is 19.1 Å². The Morgan fingerprint density at radius 3 is 2.89 bits per heavy atom. The van der Waals surface area contributed by atoms with Crippen molar-refractivity contribution in [2.45, 2.75) is 68.9 Å². The van der Waals surface area contributed by atoms with Gasteiger partial charge in [-0.25, -0.2) is 4.98 Å². The fraction of sp³-hybridized carbons (Fsp3) is 0.550. The van der Waals surface area contributed by atoms with E-state index in [4.69, 9.17) is 0 Å². The van der Waals surface area contributed by atoms with Gasteiger partial charge in [0.25, 0.3) is 5.56 Å². The summed E-state index contributed by atoms with van der Waals surface area (Å²) in [5.74, 6) is 0.139. The number of hydrogen-bond acceptors (Lipinski definition) is 5. The Hall–Kier alpha value is -1.60. The second-order valence-corrected chi connectivity index (χ2v) is 9.12. The first kappa shape index (κ1) is 20.1. The molecule has 1 saturated carbocycles. The summed E-state index contributed by atoms with van der Waals surface area (Å²) in [4.78, 5) is 33.3. The molecule has 7 heteroatoms. The lowest BCUT2D eigenvalue weighted by Gasteiger charge is -2.35. The van der Waals surface area contributed by atoms with E-state index in [0.29, 0.717) is 23.1 Å². The molecule has 1 amide bonds. The number of nitrogens with zero attached hydrogens (tertiary/aromatic N) is 3. The van der Waals surface area contributed by atoms with Crippen LogP contribution in [0.15, 0.2) is 34.1 Å². The van der Waals surface area contributed by atoms with Crippen molar-refractivity contribution >= 4 is 39.2 Å². The van der Waals surface area contributed by atoms with Gasteiger partial charge in [0.05, 0.1) is 10.6 Å². The van der Waals surface area contributed by atoms with Gasteiger partial charge in [-0.3, -0.25) is 14.2 Å². The maximum atomic E-state index is 13.1. The Labute approximate surface area is 168 Å². The molecule has 0 saturated heterocycles. The number of amides is 1. The molecule has 2 aromatic heterocycles. The molecule has 0 N–H and O–H groups in total. The Bertz CT molecular complexity index is 868. The highest BCUT2D eigenvalue weighted by Crippen LogP contribution is 2.28. The molecule has 27 heavy (non-hydrogen) atoms. The molecular weight excluding hydrogens is 378 g/mol. The van der Waals surface area contributed by atoms with Crippen LogP contribution in [-0.2, 0) is 11.3 Å². The van der Waals surface area contributed by atoms with Gasteiger partial charge >= 0.3 is 0 Å². The highest BCUT2D eigenvalue weighted by molar-refractivity contribution is 8.00. The van der Waals surface area contributed by atoms with Crippen molar-refractivity contribution < 1.29 is 4.79 Å². The van der Waals surface area contributed by atoms with Crippen molar-refractivity contribution in [3.8, 4) is 0 Å². The Morgan fingerprint density at radius 1 is 1.48 bits per heavy atom. The molecule has 0 spiro atoms. The molecule has 2 heterocycles. The van der Waals surface area contributed by atoms with Gasteiger partial charge in [0.2, 0.25) is 5.91 Å². The van der Waals surface area contributed by atoms with Gasteiger partial charge in [-0.1, -0.05) is 37.1 Å². The number of aromatic nitrogens is 2. The fourth-order valence-corrected chi connectivity index (χ4v) is 5.53. The van der Waals surface area contributed by atoms with E-state index in [1.54, 1.807) is 16.7 Å². The third kappa shape index (κ3) is 4.29. The van der Waals surface area contributed by atoms with Gasteiger partial charge in [-0.2, -0.15) is 0 Å². The second-order valence-electron chi connectivity index (χ2n) is 6.91. The lowest BCUT2D eigenvalue weighted by atomic mass is 9.94. The van der Waals surface area contributed by atoms with E-state index >= 15 is 0 Å². The van der Waals surface area contributed by atoms with Crippen LogP contribution in [0.3, 0.4) is 0 Å². The van der Waals surface area contributed by atoms with Crippen LogP contribution in [0, 0.1) is 0 Å². The number of carbonyl (C=O) groups excluding carboxylic acids is 1. The van der Waals surface area contributed by atoms with Gasteiger partial charge < -0.3 is 4.90 Å². The largest absolute Gasteiger partial charge is 0.339 e. The second kappa shape index (κ2) is 9.06. The summed E-state index contributed by atoms with van der Waals surface area (Å²) in [6, 6.07) is 2.15. The van der Waals surface area contributed by atoms with Crippen molar-refractivity contribution in [2.75, 3.05) is 6.54 Å². The summed E-state index contributed by atoms with van der Waals surface area (Å²) in [5, 5.41) is 2.81. The molecule has 146 valence electrons. The summed E-state index contributed by atoms with van der Waals surface area (Å²) >= 11 is 2.83. The maximum Gasteiger partial charge on any atom is 0.263 e. The number of allylic oxidation sites excluding steroid dienone is 1. The molecule has 1 unspecified atom stereocenters. The minimum atomic E-state index is -0.285. The zero-order valence-electron chi connectivity index (χ0n) is 16.0. The third-order valence-electron chi connectivity index (χ3n) is 5.13. The Morgan fingerprint density at radius 2 is 2.22 bits per heavy atom. The topological polar surface area (TPSA) is 55.2 Å². The van der Waals surface area contributed by atoms with E-state index in [9.17, 15) is 9.59 Å². The predicted octanol–water partition coefficient (Wildman–Crippen LogP) is 4.31. The van der Waals surface area contributed by atoms with Crippen molar-refractivity contribution in [1.29, 1.82) is 0 Å². The van der Waals surface area contributed by atoms with Gasteiger partial charge in [0.15, 0.2) is 5.16 Å². The van der Waals surface area contributed by atoms with Crippen molar-refractivity contribution in [1.82, 2.24) is 14.5 Å². The van der Waals surface area contributed by atoms with Crippen LogP contribution in [0.1, 0.15) is 46.0 Å². The minimum Gasteiger partial charge on any atom is -0.339 e. The quantitative estimate of drug-likeness (QED) is 0.391. The first-order chi connectivity index (χ1) is 13.1. The highest BCUT2D eigenvalue weighted by Gasteiger charge is 2.29. The number of thioether (sulfide) groups is 1. The standard InChI is InChI=1S/C20H27N3O2S2/c1-4-12-23-19(25)16-11-13-26-17(16)21-20(23)27-14(3)18(24)22(5-2)15-9-7-6-8-10-15/h4,11,13-15H,1,5-10,12H2,2-3H3. The number of rotatable bonds is 7. The highest BCUT2D eigenvalue weighted by atomic mass is 32.2. The van der Waals surface area contributed by atoms with Crippen molar-refractivity contribution in [2.24, 2.45) is 0 Å². The van der Waals surface area contributed by atoms with Crippen LogP contribution in [0.5, 0.6) is 0 Å². The van der Waals surface area contributed by atoms with E-state index < -0.39 is 0 Å². The van der Waals surface area contributed by atoms with E-state index in [1.807, 2.05) is 24.1 Å². The first-order valence-corrected chi connectivity index (χ1v) is 11.4. The van der Waals surface area contributed by atoms with E-state index in [-0.39, 0.29) is 16.7 Å². The summed E-state index contributed by atoms with van der Waals surface area (Å²) in [7, 11) is 0. The lowest BCUT2D eigenvalue weighted by molar-refractivity contribution is -0.133. The summed E-state index contributed by atoms with van der Waals surface area (Å²) in [6.07, 6.45) is 7.55. The van der Waals surface area contributed by atoms with E-state index in [0.717, 1.165) is 24.2 Å².